The Kier molecular flexibility index (Phi) is 6.02. The predicted molar refractivity (Wildman–Crippen MR) is 53.0 cm³/mol. The molecule has 0 aromatic rings. The van der Waals surface area contributed by atoms with Crippen molar-refractivity contribution in [3.63, 3.8) is 0 Å². The lowest BCUT2D eigenvalue weighted by atomic mass is 10.2. The number of nitrogens with two attached hydrogens (primary N) is 1. The summed E-state index contributed by atoms with van der Waals surface area (Å²) in [6.45, 7) is 6.26. The Bertz CT molecular complexity index is 197. The van der Waals surface area contributed by atoms with Crippen molar-refractivity contribution in [3.8, 4) is 0 Å². The second kappa shape index (κ2) is 6.52. The van der Waals surface area contributed by atoms with Crippen LogP contribution in [0.1, 0.15) is 40.0 Å². The van der Waals surface area contributed by atoms with E-state index in [-0.39, 0.29) is 0 Å². The molecule has 0 aliphatic heterocycles. The molecule has 0 aliphatic carbocycles. The molecule has 0 saturated carbocycles. The average Bonchev–Trinajstić information content (AvgIpc) is 2.10. The minimum atomic E-state index is -0.409. The number of unbranched alkanes of at least 4 members (excludes halogenated alkanes) is 2. The molecule has 13 heavy (non-hydrogen) atoms. The monoisotopic (exact) mass is 185 g/mol. The third kappa shape index (κ3) is 5.28. The molecule has 0 bridgehead atoms. The Morgan fingerprint density at radius 2 is 1.92 bits per heavy atom. The topological polar surface area (TPSA) is 52.3 Å². The van der Waals surface area contributed by atoms with Crippen molar-refractivity contribution in [1.29, 1.82) is 0 Å². The molecule has 0 fully saturated rings. The van der Waals surface area contributed by atoms with E-state index in [0.29, 0.717) is 17.9 Å². The lowest BCUT2D eigenvalue weighted by Gasteiger charge is -2.07. The van der Waals surface area contributed by atoms with E-state index < -0.39 is 5.91 Å². The Labute approximate surface area is 79.9 Å². The molecule has 0 spiro atoms. The van der Waals surface area contributed by atoms with Gasteiger partial charge in [0, 0.05) is 0 Å². The average molecular weight is 185 g/mol. The Morgan fingerprint density at radius 3 is 2.38 bits per heavy atom. The molecule has 0 radical (unpaired) electrons. The number of carbonyl (C=O) groups excluding carboxylic acids is 1. The summed E-state index contributed by atoms with van der Waals surface area (Å²) in [6, 6.07) is 0. The van der Waals surface area contributed by atoms with Gasteiger partial charge in [-0.05, 0) is 20.3 Å². The van der Waals surface area contributed by atoms with E-state index in [0.717, 1.165) is 12.8 Å². The first-order valence-electron chi connectivity index (χ1n) is 4.69. The zero-order valence-corrected chi connectivity index (χ0v) is 8.72. The van der Waals surface area contributed by atoms with Gasteiger partial charge in [-0.25, -0.2) is 0 Å². The summed E-state index contributed by atoms with van der Waals surface area (Å²) in [5, 5.41) is 0. The van der Waals surface area contributed by atoms with Crippen molar-refractivity contribution >= 4 is 5.91 Å². The second-order valence-corrected chi connectivity index (χ2v) is 3.10. The van der Waals surface area contributed by atoms with Gasteiger partial charge in [0.2, 0.25) is 5.91 Å². The molecule has 0 aromatic carbocycles. The molecule has 0 unspecified atom stereocenters. The second-order valence-electron chi connectivity index (χ2n) is 3.10. The van der Waals surface area contributed by atoms with Crippen LogP contribution in [0, 0.1) is 0 Å². The van der Waals surface area contributed by atoms with Crippen molar-refractivity contribution < 1.29 is 9.53 Å². The highest BCUT2D eigenvalue weighted by Gasteiger charge is 2.03. The summed E-state index contributed by atoms with van der Waals surface area (Å²) in [6.07, 6.45) is 3.35. The van der Waals surface area contributed by atoms with E-state index in [2.05, 4.69) is 6.92 Å². The van der Waals surface area contributed by atoms with Gasteiger partial charge in [0.1, 0.15) is 5.76 Å². The van der Waals surface area contributed by atoms with Gasteiger partial charge < -0.3 is 10.5 Å². The number of allylic oxidation sites excluding steroid dienone is 1. The highest BCUT2D eigenvalue weighted by atomic mass is 16.5. The molecule has 0 saturated heterocycles. The maximum absolute atomic E-state index is 10.7. The summed E-state index contributed by atoms with van der Waals surface area (Å²) in [7, 11) is 0. The normalized spacial score (nSPS) is 12.2. The molecule has 0 rings (SSSR count). The van der Waals surface area contributed by atoms with Gasteiger partial charge in [0.15, 0.2) is 0 Å². The highest BCUT2D eigenvalue weighted by molar-refractivity contribution is 5.91. The number of amides is 1. The zero-order chi connectivity index (χ0) is 10.3. The molecule has 3 heteroatoms. The molecule has 0 aliphatic rings. The van der Waals surface area contributed by atoms with E-state index in [4.69, 9.17) is 10.5 Å². The van der Waals surface area contributed by atoms with Gasteiger partial charge in [-0.2, -0.15) is 0 Å². The van der Waals surface area contributed by atoms with Gasteiger partial charge >= 0.3 is 0 Å². The smallest absolute Gasteiger partial charge is 0.247 e. The summed E-state index contributed by atoms with van der Waals surface area (Å²) >= 11 is 0. The molecule has 0 aromatic heterocycles. The van der Waals surface area contributed by atoms with Crippen LogP contribution in [0.25, 0.3) is 0 Å². The molecule has 0 heterocycles. The van der Waals surface area contributed by atoms with Crippen LogP contribution < -0.4 is 5.73 Å². The van der Waals surface area contributed by atoms with Crippen molar-refractivity contribution in [2.45, 2.75) is 40.0 Å². The van der Waals surface area contributed by atoms with Gasteiger partial charge in [-0.3, -0.25) is 4.79 Å². The first-order chi connectivity index (χ1) is 6.09. The van der Waals surface area contributed by atoms with Crippen molar-refractivity contribution in [3.05, 3.63) is 11.3 Å². The fraction of sp³-hybridized carbons (Fsp3) is 0.700. The number of hydrogen-bond acceptors (Lipinski definition) is 2. The molecule has 2 N–H and O–H groups in total. The van der Waals surface area contributed by atoms with Crippen molar-refractivity contribution in [1.82, 2.24) is 0 Å². The zero-order valence-electron chi connectivity index (χ0n) is 8.72. The molecule has 76 valence electrons. The lowest BCUT2D eigenvalue weighted by Crippen LogP contribution is -2.14. The Balaban J connectivity index is 3.79. The Morgan fingerprint density at radius 1 is 1.31 bits per heavy atom. The molecule has 3 nitrogen and oxygen atoms in total. The van der Waals surface area contributed by atoms with E-state index in [9.17, 15) is 4.79 Å². The third-order valence-electron chi connectivity index (χ3n) is 1.96. The van der Waals surface area contributed by atoms with Crippen LogP contribution in [-0.4, -0.2) is 12.5 Å². The number of hydrogen-bond donors (Lipinski definition) is 1. The van der Waals surface area contributed by atoms with Gasteiger partial charge in [0.25, 0.3) is 0 Å². The summed E-state index contributed by atoms with van der Waals surface area (Å²) in [5.74, 6) is 0.233. The molecule has 0 atom stereocenters. The Hall–Kier alpha value is -0.990. The summed E-state index contributed by atoms with van der Waals surface area (Å²) < 4.78 is 5.35. The summed E-state index contributed by atoms with van der Waals surface area (Å²) in [5.41, 5.74) is 5.60. The van der Waals surface area contributed by atoms with E-state index in [1.54, 1.807) is 13.8 Å². The highest BCUT2D eigenvalue weighted by Crippen LogP contribution is 2.05. The van der Waals surface area contributed by atoms with Gasteiger partial charge in [0.05, 0.1) is 12.2 Å². The van der Waals surface area contributed by atoms with Gasteiger partial charge in [-0.1, -0.05) is 19.8 Å². The minimum Gasteiger partial charge on any atom is -0.498 e. The van der Waals surface area contributed by atoms with Crippen LogP contribution in [0.3, 0.4) is 0 Å². The minimum absolute atomic E-state index is 0.409. The van der Waals surface area contributed by atoms with Crippen LogP contribution in [0.15, 0.2) is 11.3 Å². The predicted octanol–water partition coefficient (Wildman–Crippen LogP) is 1.97. The fourth-order valence-electron chi connectivity index (χ4n) is 0.859. The van der Waals surface area contributed by atoms with E-state index in [1.807, 2.05) is 0 Å². The van der Waals surface area contributed by atoms with Crippen LogP contribution in [-0.2, 0) is 9.53 Å². The molecular formula is C10H19NO2. The number of ether oxygens (including phenoxy) is 1. The lowest BCUT2D eigenvalue weighted by molar-refractivity contribution is -0.114. The maximum Gasteiger partial charge on any atom is 0.247 e. The number of rotatable bonds is 6. The SMILES string of the molecule is CCCCCOC(C)=C(C)C(N)=O. The third-order valence-corrected chi connectivity index (χ3v) is 1.96. The largest absolute Gasteiger partial charge is 0.498 e. The fourth-order valence-corrected chi connectivity index (χ4v) is 0.859. The molecular weight excluding hydrogens is 166 g/mol. The quantitative estimate of drug-likeness (QED) is 0.391. The van der Waals surface area contributed by atoms with Gasteiger partial charge in [-0.15, -0.1) is 0 Å². The standard InChI is InChI=1S/C10H19NO2/c1-4-5-6-7-13-9(3)8(2)10(11)12/h4-7H2,1-3H3,(H2,11,12). The first kappa shape index (κ1) is 12.0. The van der Waals surface area contributed by atoms with Crippen LogP contribution in [0.4, 0.5) is 0 Å². The number of primary amides is 1. The van der Waals surface area contributed by atoms with Crippen LogP contribution >= 0.6 is 0 Å². The van der Waals surface area contributed by atoms with E-state index >= 15 is 0 Å². The number of carbonyl (C=O) groups is 1. The van der Waals surface area contributed by atoms with E-state index in [1.165, 1.54) is 6.42 Å². The van der Waals surface area contributed by atoms with Crippen LogP contribution in [0.5, 0.6) is 0 Å². The molecule has 1 amide bonds. The van der Waals surface area contributed by atoms with Crippen molar-refractivity contribution in [2.24, 2.45) is 5.73 Å². The van der Waals surface area contributed by atoms with Crippen LogP contribution in [0.2, 0.25) is 0 Å². The maximum atomic E-state index is 10.7. The summed E-state index contributed by atoms with van der Waals surface area (Å²) in [4.78, 5) is 10.7. The first-order valence-corrected chi connectivity index (χ1v) is 4.69. The van der Waals surface area contributed by atoms with Crippen molar-refractivity contribution in [2.75, 3.05) is 6.61 Å².